The minimum atomic E-state index is -0.358. The molecular formula is C20H24N4O4. The highest BCUT2D eigenvalue weighted by Gasteiger charge is 2.20. The van der Waals surface area contributed by atoms with Crippen LogP contribution in [0.1, 0.15) is 29.9 Å². The molecule has 28 heavy (non-hydrogen) atoms. The number of hydrogen-bond acceptors (Lipinski definition) is 6. The molecule has 1 aliphatic rings. The van der Waals surface area contributed by atoms with Gasteiger partial charge in [-0.25, -0.2) is 4.98 Å². The fourth-order valence-electron chi connectivity index (χ4n) is 3.03. The number of anilines is 2. The van der Waals surface area contributed by atoms with E-state index in [0.29, 0.717) is 55.6 Å². The molecular weight excluding hydrogens is 360 g/mol. The average Bonchev–Trinajstić information content (AvgIpc) is 2.70. The number of Topliss-reactive ketones (excluding diaryl/α,β-unsaturated/α-hetero) is 1. The third-order valence-corrected chi connectivity index (χ3v) is 4.55. The van der Waals surface area contributed by atoms with Gasteiger partial charge in [0.1, 0.15) is 6.54 Å². The van der Waals surface area contributed by atoms with Gasteiger partial charge in [0.15, 0.2) is 5.78 Å². The maximum atomic E-state index is 12.6. The fourth-order valence-corrected chi connectivity index (χ4v) is 3.03. The molecule has 1 N–H and O–H groups in total. The van der Waals surface area contributed by atoms with Crippen molar-refractivity contribution in [2.75, 3.05) is 36.5 Å². The van der Waals surface area contributed by atoms with Crippen LogP contribution in [0.4, 0.5) is 11.6 Å². The van der Waals surface area contributed by atoms with E-state index in [1.807, 2.05) is 11.8 Å². The molecule has 8 heteroatoms. The molecule has 0 atom stereocenters. The number of carbonyl (C=O) groups is 2. The number of benzene rings is 1. The molecule has 1 amide bonds. The molecule has 3 rings (SSSR count). The lowest BCUT2D eigenvalue weighted by Gasteiger charge is -2.29. The standard InChI is InChI=1S/C20H24N4O4/c1-3-16-12-19(27)24(20(22-16)23-7-9-28-10-8-23)13-18(26)21-17-6-4-5-15(11-17)14(2)25/h4-6,11-12H,3,7-10,13H2,1-2H3,(H,21,26). The second-order valence-corrected chi connectivity index (χ2v) is 6.61. The maximum Gasteiger partial charge on any atom is 0.255 e. The zero-order valence-electron chi connectivity index (χ0n) is 16.1. The first-order valence-corrected chi connectivity index (χ1v) is 9.32. The second kappa shape index (κ2) is 8.79. The largest absolute Gasteiger partial charge is 0.378 e. The number of ketones is 1. The molecule has 0 bridgehead atoms. The van der Waals surface area contributed by atoms with E-state index in [-0.39, 0.29) is 23.8 Å². The van der Waals surface area contributed by atoms with Gasteiger partial charge in [-0.3, -0.25) is 19.0 Å². The minimum Gasteiger partial charge on any atom is -0.378 e. The summed E-state index contributed by atoms with van der Waals surface area (Å²) in [7, 11) is 0. The van der Waals surface area contributed by atoms with Crippen LogP contribution in [0.2, 0.25) is 0 Å². The van der Waals surface area contributed by atoms with E-state index in [1.165, 1.54) is 17.6 Å². The first-order chi connectivity index (χ1) is 13.5. The molecule has 0 spiro atoms. The average molecular weight is 384 g/mol. The summed E-state index contributed by atoms with van der Waals surface area (Å²) in [6.07, 6.45) is 0.636. The number of morpholine rings is 1. The number of ether oxygens (including phenoxy) is 1. The van der Waals surface area contributed by atoms with Gasteiger partial charge in [-0.05, 0) is 25.5 Å². The number of hydrogen-bond donors (Lipinski definition) is 1. The Balaban J connectivity index is 1.84. The Bertz CT molecular complexity index is 932. The van der Waals surface area contributed by atoms with Gasteiger partial charge in [0, 0.05) is 36.1 Å². The van der Waals surface area contributed by atoms with Crippen molar-refractivity contribution in [2.24, 2.45) is 0 Å². The highest BCUT2D eigenvalue weighted by molar-refractivity contribution is 5.97. The van der Waals surface area contributed by atoms with Crippen LogP contribution in [-0.4, -0.2) is 47.5 Å². The van der Waals surface area contributed by atoms with Crippen molar-refractivity contribution in [2.45, 2.75) is 26.8 Å². The van der Waals surface area contributed by atoms with Gasteiger partial charge >= 0.3 is 0 Å². The van der Waals surface area contributed by atoms with Crippen molar-refractivity contribution in [3.63, 3.8) is 0 Å². The van der Waals surface area contributed by atoms with E-state index in [2.05, 4.69) is 10.3 Å². The molecule has 0 aliphatic carbocycles. The third-order valence-electron chi connectivity index (χ3n) is 4.55. The van der Waals surface area contributed by atoms with E-state index in [0.717, 1.165) is 0 Å². The zero-order valence-corrected chi connectivity index (χ0v) is 16.1. The van der Waals surface area contributed by atoms with Gasteiger partial charge in [-0.15, -0.1) is 0 Å². The lowest BCUT2D eigenvalue weighted by Crippen LogP contribution is -2.42. The van der Waals surface area contributed by atoms with Crippen molar-refractivity contribution in [3.8, 4) is 0 Å². The lowest BCUT2D eigenvalue weighted by atomic mass is 10.1. The summed E-state index contributed by atoms with van der Waals surface area (Å²) >= 11 is 0. The molecule has 0 radical (unpaired) electrons. The van der Waals surface area contributed by atoms with E-state index in [4.69, 9.17) is 4.74 Å². The highest BCUT2D eigenvalue weighted by Crippen LogP contribution is 2.14. The molecule has 1 saturated heterocycles. The van der Waals surface area contributed by atoms with E-state index in [1.54, 1.807) is 24.3 Å². The van der Waals surface area contributed by atoms with Crippen LogP contribution in [-0.2, 0) is 22.5 Å². The molecule has 8 nitrogen and oxygen atoms in total. The summed E-state index contributed by atoms with van der Waals surface area (Å²) in [5.74, 6) is 0.0462. The normalized spacial score (nSPS) is 14.0. The topological polar surface area (TPSA) is 93.5 Å². The number of nitrogens with one attached hydrogen (secondary N) is 1. The Morgan fingerprint density at radius 1 is 1.21 bits per heavy atom. The Morgan fingerprint density at radius 2 is 1.96 bits per heavy atom. The lowest BCUT2D eigenvalue weighted by molar-refractivity contribution is -0.116. The van der Waals surface area contributed by atoms with Gasteiger partial charge in [-0.1, -0.05) is 19.1 Å². The van der Waals surface area contributed by atoms with Gasteiger partial charge in [0.05, 0.1) is 13.2 Å². The molecule has 0 saturated carbocycles. The van der Waals surface area contributed by atoms with Crippen LogP contribution in [0.15, 0.2) is 35.1 Å². The van der Waals surface area contributed by atoms with Crippen LogP contribution in [0.25, 0.3) is 0 Å². The number of nitrogens with zero attached hydrogens (tertiary/aromatic N) is 3. The second-order valence-electron chi connectivity index (χ2n) is 6.61. The monoisotopic (exact) mass is 384 g/mol. The minimum absolute atomic E-state index is 0.0822. The first kappa shape index (κ1) is 19.8. The van der Waals surface area contributed by atoms with Crippen molar-refractivity contribution in [3.05, 3.63) is 51.9 Å². The Labute approximate surface area is 163 Å². The number of aryl methyl sites for hydroxylation is 1. The molecule has 2 aromatic rings. The Morgan fingerprint density at radius 3 is 2.64 bits per heavy atom. The van der Waals surface area contributed by atoms with Crippen LogP contribution in [0, 0.1) is 0 Å². The number of carbonyl (C=O) groups excluding carboxylic acids is 2. The quantitative estimate of drug-likeness (QED) is 0.759. The summed E-state index contributed by atoms with van der Waals surface area (Å²) < 4.78 is 6.76. The number of aromatic nitrogens is 2. The highest BCUT2D eigenvalue weighted by atomic mass is 16.5. The SMILES string of the molecule is CCc1cc(=O)n(CC(=O)Nc2cccc(C(C)=O)c2)c(N2CCOCC2)n1. The molecule has 1 fully saturated rings. The summed E-state index contributed by atoms with van der Waals surface area (Å²) in [5.41, 5.74) is 1.45. The van der Waals surface area contributed by atoms with Crippen molar-refractivity contribution in [1.29, 1.82) is 0 Å². The summed E-state index contributed by atoms with van der Waals surface area (Å²) in [6.45, 7) is 5.57. The zero-order chi connectivity index (χ0) is 20.1. The molecule has 1 aromatic carbocycles. The van der Waals surface area contributed by atoms with E-state index in [9.17, 15) is 14.4 Å². The van der Waals surface area contributed by atoms with Gasteiger partial charge < -0.3 is 15.0 Å². The van der Waals surface area contributed by atoms with Crippen LogP contribution >= 0.6 is 0 Å². The molecule has 1 aromatic heterocycles. The van der Waals surface area contributed by atoms with Gasteiger partial charge in [-0.2, -0.15) is 0 Å². The van der Waals surface area contributed by atoms with E-state index < -0.39 is 0 Å². The smallest absolute Gasteiger partial charge is 0.255 e. The maximum absolute atomic E-state index is 12.6. The Kier molecular flexibility index (Phi) is 6.20. The summed E-state index contributed by atoms with van der Waals surface area (Å²) in [5, 5.41) is 2.75. The number of amides is 1. The van der Waals surface area contributed by atoms with Crippen LogP contribution in [0.5, 0.6) is 0 Å². The van der Waals surface area contributed by atoms with Crippen molar-refractivity contribution >= 4 is 23.3 Å². The first-order valence-electron chi connectivity index (χ1n) is 9.32. The molecule has 148 valence electrons. The van der Waals surface area contributed by atoms with Gasteiger partial charge in [0.25, 0.3) is 5.56 Å². The Hall–Kier alpha value is -3.00. The fraction of sp³-hybridized carbons (Fsp3) is 0.400. The predicted molar refractivity (Wildman–Crippen MR) is 106 cm³/mol. The van der Waals surface area contributed by atoms with Crippen LogP contribution < -0.4 is 15.8 Å². The predicted octanol–water partition coefficient (Wildman–Crippen LogP) is 1.48. The molecule has 0 unspecified atom stereocenters. The van der Waals surface area contributed by atoms with Crippen molar-refractivity contribution < 1.29 is 14.3 Å². The third kappa shape index (κ3) is 4.64. The van der Waals surface area contributed by atoms with Gasteiger partial charge in [0.2, 0.25) is 11.9 Å². The summed E-state index contributed by atoms with van der Waals surface area (Å²) in [6, 6.07) is 8.17. The molecule has 2 heterocycles. The molecule has 1 aliphatic heterocycles. The number of rotatable bonds is 6. The van der Waals surface area contributed by atoms with Crippen LogP contribution in [0.3, 0.4) is 0 Å². The summed E-state index contributed by atoms with van der Waals surface area (Å²) in [4.78, 5) is 43.3. The van der Waals surface area contributed by atoms with E-state index >= 15 is 0 Å². The van der Waals surface area contributed by atoms with Crippen molar-refractivity contribution in [1.82, 2.24) is 9.55 Å².